The third-order valence-electron chi connectivity index (χ3n) is 12.0. The van der Waals surface area contributed by atoms with Crippen molar-refractivity contribution in [2.75, 3.05) is 0 Å². The lowest BCUT2D eigenvalue weighted by atomic mass is 9.73. The maximum atomic E-state index is 6.60. The molecular formula is C51H41NOSi. The first-order valence-electron chi connectivity index (χ1n) is 19.0. The molecule has 3 heteroatoms. The Morgan fingerprint density at radius 1 is 0.537 bits per heavy atom. The summed E-state index contributed by atoms with van der Waals surface area (Å²) in [6.45, 7) is 4.76. The number of rotatable bonds is 7. The summed E-state index contributed by atoms with van der Waals surface area (Å²) in [6, 6.07) is 67.2. The fourth-order valence-corrected chi connectivity index (χ4v) is 14.0. The van der Waals surface area contributed by atoms with Gasteiger partial charge >= 0.3 is 0 Å². The van der Waals surface area contributed by atoms with Crippen molar-refractivity contribution >= 4 is 50.6 Å². The van der Waals surface area contributed by atoms with E-state index in [9.17, 15) is 0 Å². The summed E-state index contributed by atoms with van der Waals surface area (Å²) in [5.41, 5.74) is 7.21. The molecule has 54 heavy (non-hydrogen) atoms. The van der Waals surface area contributed by atoms with Gasteiger partial charge in [-0.3, -0.25) is 0 Å². The van der Waals surface area contributed by atoms with Gasteiger partial charge < -0.3 is 9.30 Å². The van der Waals surface area contributed by atoms with Crippen LogP contribution in [0.1, 0.15) is 30.9 Å². The average Bonchev–Trinajstić information content (AvgIpc) is 3.77. The van der Waals surface area contributed by atoms with Crippen LogP contribution in [0.3, 0.4) is 0 Å². The Morgan fingerprint density at radius 2 is 1.07 bits per heavy atom. The molecule has 1 aliphatic heterocycles. The number of benzene rings is 7. The molecule has 0 radical (unpaired) electrons. The lowest BCUT2D eigenvalue weighted by molar-refractivity contribution is 0.267. The summed E-state index contributed by atoms with van der Waals surface area (Å²) >= 11 is 0. The number of hydrogen-bond donors (Lipinski definition) is 0. The number of para-hydroxylation sites is 2. The molecule has 0 amide bonds. The molecule has 0 N–H and O–H groups in total. The largest absolute Gasteiger partial charge is 0.485 e. The molecule has 0 saturated carbocycles. The number of ether oxygens (including phenoxy) is 1. The number of nitrogens with zero attached hydrogens (tertiary/aromatic N) is 1. The van der Waals surface area contributed by atoms with Gasteiger partial charge in [-0.15, -0.1) is 0 Å². The van der Waals surface area contributed by atoms with Crippen LogP contribution >= 0.6 is 0 Å². The van der Waals surface area contributed by atoms with E-state index in [0.717, 1.165) is 11.4 Å². The van der Waals surface area contributed by atoms with Gasteiger partial charge in [-0.2, -0.15) is 0 Å². The molecule has 260 valence electrons. The van der Waals surface area contributed by atoms with Crippen LogP contribution in [0, 0.1) is 0 Å². The molecule has 1 aromatic heterocycles. The van der Waals surface area contributed by atoms with Gasteiger partial charge in [0.05, 0.1) is 11.0 Å². The van der Waals surface area contributed by atoms with Crippen molar-refractivity contribution in [3.8, 4) is 11.4 Å². The first-order valence-corrected chi connectivity index (χ1v) is 21.0. The average molecular weight is 712 g/mol. The molecule has 0 bridgehead atoms. The Bertz CT molecular complexity index is 2570. The highest BCUT2D eigenvalue weighted by Gasteiger charge is 2.42. The SMILES string of the molecule is CC(C)(C1=CC2c3cc(-n4c5ccccc5c5ccccc54)ccc3OC2C=C1)c1cccc([Si](c2ccccc2)(c2ccccc2)c2ccccc2)c1. The summed E-state index contributed by atoms with van der Waals surface area (Å²) in [6.07, 6.45) is 7.05. The van der Waals surface area contributed by atoms with Crippen molar-refractivity contribution in [3.63, 3.8) is 0 Å². The van der Waals surface area contributed by atoms with Crippen LogP contribution in [0.15, 0.2) is 206 Å². The predicted octanol–water partition coefficient (Wildman–Crippen LogP) is 9.48. The Labute approximate surface area is 318 Å². The van der Waals surface area contributed by atoms with Crippen molar-refractivity contribution in [3.05, 3.63) is 217 Å². The third-order valence-corrected chi connectivity index (χ3v) is 16.8. The minimum atomic E-state index is -2.66. The fourth-order valence-electron chi connectivity index (χ4n) is 9.22. The molecule has 10 rings (SSSR count). The van der Waals surface area contributed by atoms with Gasteiger partial charge in [0.2, 0.25) is 0 Å². The van der Waals surface area contributed by atoms with E-state index in [1.807, 2.05) is 0 Å². The molecule has 0 fully saturated rings. The van der Waals surface area contributed by atoms with E-state index in [1.165, 1.54) is 59.3 Å². The smallest absolute Gasteiger partial charge is 0.179 e. The first kappa shape index (κ1) is 32.5. The molecule has 0 spiro atoms. The highest BCUT2D eigenvalue weighted by molar-refractivity contribution is 7.19. The van der Waals surface area contributed by atoms with Crippen molar-refractivity contribution in [2.24, 2.45) is 0 Å². The minimum Gasteiger partial charge on any atom is -0.485 e. The van der Waals surface area contributed by atoms with E-state index in [0.29, 0.717) is 0 Å². The lowest BCUT2D eigenvalue weighted by Crippen LogP contribution is -2.74. The topological polar surface area (TPSA) is 14.2 Å². The molecule has 0 saturated heterocycles. The summed E-state index contributed by atoms with van der Waals surface area (Å²) in [5, 5.41) is 8.09. The van der Waals surface area contributed by atoms with Gasteiger partial charge in [-0.1, -0.05) is 178 Å². The Balaban J connectivity index is 1.08. The van der Waals surface area contributed by atoms with Gasteiger partial charge in [0, 0.05) is 33.4 Å². The standard InChI is InChI=1S/C51H41NOSi/c1-51(2,36-17-16-24-42(33-36)54(39-18-6-3-7-19-39,40-20-8-4-9-21-40)41-22-10-5-11-23-41)37-29-31-49-45(34-37)46-35-38(30-32-50(46)53-49)52-47-27-14-12-25-43(47)44-26-13-15-28-48(44)52/h3-35,45,49H,1-2H3. The normalized spacial score (nSPS) is 16.5. The Hall–Kier alpha value is -6.16. The van der Waals surface area contributed by atoms with Gasteiger partial charge in [-0.05, 0) is 68.3 Å². The molecule has 2 atom stereocenters. The van der Waals surface area contributed by atoms with Crippen LogP contribution in [0.4, 0.5) is 0 Å². The zero-order chi connectivity index (χ0) is 36.3. The summed E-state index contributed by atoms with van der Waals surface area (Å²) in [7, 11) is -2.66. The lowest BCUT2D eigenvalue weighted by Gasteiger charge is -2.36. The molecular weight excluding hydrogens is 671 g/mol. The van der Waals surface area contributed by atoms with E-state index in [2.05, 4.69) is 219 Å². The van der Waals surface area contributed by atoms with Crippen molar-refractivity contribution in [1.82, 2.24) is 4.57 Å². The summed E-state index contributed by atoms with van der Waals surface area (Å²) in [4.78, 5) is 0. The molecule has 2 unspecified atom stereocenters. The second kappa shape index (κ2) is 12.8. The van der Waals surface area contributed by atoms with Crippen LogP contribution in [0.5, 0.6) is 5.75 Å². The van der Waals surface area contributed by atoms with Gasteiger partial charge in [0.1, 0.15) is 11.9 Å². The van der Waals surface area contributed by atoms with Crippen LogP contribution in [-0.2, 0) is 5.41 Å². The number of aromatic nitrogens is 1. The van der Waals surface area contributed by atoms with E-state index in [4.69, 9.17) is 4.74 Å². The van der Waals surface area contributed by atoms with Crippen molar-refractivity contribution in [1.29, 1.82) is 0 Å². The van der Waals surface area contributed by atoms with Crippen LogP contribution in [0.25, 0.3) is 27.5 Å². The highest BCUT2D eigenvalue weighted by atomic mass is 28.3. The fraction of sp³-hybridized carbons (Fsp3) is 0.0980. The molecule has 2 heterocycles. The molecule has 8 aromatic rings. The minimum absolute atomic E-state index is 0.0198. The number of fused-ring (bicyclic) bond motifs is 6. The third kappa shape index (κ3) is 4.99. The predicted molar refractivity (Wildman–Crippen MR) is 228 cm³/mol. The van der Waals surface area contributed by atoms with E-state index < -0.39 is 8.07 Å². The molecule has 1 aliphatic carbocycles. The van der Waals surface area contributed by atoms with Gasteiger partial charge in [0.15, 0.2) is 8.07 Å². The quantitative estimate of drug-likeness (QED) is 0.119. The van der Waals surface area contributed by atoms with Crippen molar-refractivity contribution < 1.29 is 4.74 Å². The monoisotopic (exact) mass is 711 g/mol. The highest BCUT2D eigenvalue weighted by Crippen LogP contribution is 2.46. The van der Waals surface area contributed by atoms with Gasteiger partial charge in [-0.25, -0.2) is 0 Å². The number of allylic oxidation sites excluding steroid dienone is 2. The van der Waals surface area contributed by atoms with E-state index in [-0.39, 0.29) is 17.4 Å². The molecule has 7 aromatic carbocycles. The van der Waals surface area contributed by atoms with Crippen molar-refractivity contribution in [2.45, 2.75) is 31.3 Å². The zero-order valence-electron chi connectivity index (χ0n) is 30.6. The maximum Gasteiger partial charge on any atom is 0.179 e. The molecule has 2 aliphatic rings. The first-order chi connectivity index (χ1) is 26.5. The second-order valence-corrected chi connectivity index (χ2v) is 19.0. The Morgan fingerprint density at radius 3 is 1.67 bits per heavy atom. The summed E-state index contributed by atoms with van der Waals surface area (Å²) < 4.78 is 9.00. The number of hydrogen-bond acceptors (Lipinski definition) is 1. The van der Waals surface area contributed by atoms with Crippen LogP contribution in [-0.4, -0.2) is 18.7 Å². The van der Waals surface area contributed by atoms with E-state index in [1.54, 1.807) is 0 Å². The van der Waals surface area contributed by atoms with Crippen LogP contribution < -0.4 is 25.5 Å². The van der Waals surface area contributed by atoms with Crippen LogP contribution in [0.2, 0.25) is 0 Å². The zero-order valence-corrected chi connectivity index (χ0v) is 31.6. The van der Waals surface area contributed by atoms with Gasteiger partial charge in [0.25, 0.3) is 0 Å². The maximum absolute atomic E-state index is 6.60. The van der Waals surface area contributed by atoms with E-state index >= 15 is 0 Å². The summed E-state index contributed by atoms with van der Waals surface area (Å²) in [5.74, 6) is 1.10. The second-order valence-electron chi connectivity index (χ2n) is 15.2. The Kier molecular flexibility index (Phi) is 7.67. The molecule has 2 nitrogen and oxygen atoms in total.